The standard InChI is InChI=1S/Al.Li.2H2O/h;;2*1H2/q+3;+1;;/p-2. The topological polar surface area (TPSA) is 60.0 Å². The molecule has 0 amide bonds. The van der Waals surface area contributed by atoms with Crippen LogP contribution in [0.4, 0.5) is 0 Å². The molecule has 0 saturated heterocycles. The molecule has 0 bridgehead atoms. The first-order chi connectivity index (χ1) is 0. The van der Waals surface area contributed by atoms with E-state index in [-0.39, 0.29) is 47.2 Å². The van der Waals surface area contributed by atoms with E-state index in [1.54, 1.807) is 0 Å². The minimum absolute atomic E-state index is 0. The number of hydrogen-bond donors (Lipinski definition) is 0. The van der Waals surface area contributed by atoms with E-state index in [2.05, 4.69) is 0 Å². The second-order valence-corrected chi connectivity index (χ2v) is 0. The molecule has 0 saturated carbocycles. The van der Waals surface area contributed by atoms with Crippen molar-refractivity contribution >= 4 is 17.4 Å². The zero-order chi connectivity index (χ0) is 0. The van der Waals surface area contributed by atoms with Gasteiger partial charge in [-0.05, 0) is 0 Å². The summed E-state index contributed by atoms with van der Waals surface area (Å²) in [6, 6.07) is 0. The van der Waals surface area contributed by atoms with Gasteiger partial charge in [-0.15, -0.1) is 0 Å². The third-order valence-electron chi connectivity index (χ3n) is 0. The molecule has 0 fully saturated rings. The van der Waals surface area contributed by atoms with Gasteiger partial charge in [-0.25, -0.2) is 0 Å². The first-order valence-electron chi connectivity index (χ1n) is 0. The Bertz CT molecular complexity index is 6.00. The second kappa shape index (κ2) is 34.2. The summed E-state index contributed by atoms with van der Waals surface area (Å²) in [6.07, 6.45) is 0. The van der Waals surface area contributed by atoms with Gasteiger partial charge in [0, 0.05) is 0 Å². The van der Waals surface area contributed by atoms with E-state index in [4.69, 9.17) is 0 Å². The largest absolute Gasteiger partial charge is 3.00 e. The Balaban J connectivity index is 0. The molecule has 0 aliphatic heterocycles. The monoisotopic (exact) mass is 68.0 g/mol. The molecular weight excluding hydrogens is 65.9 g/mol. The van der Waals surface area contributed by atoms with Crippen molar-refractivity contribution in [1.29, 1.82) is 0 Å². The average molecular weight is 67.9 g/mol. The quantitative estimate of drug-likeness (QED) is 0.274. The zero-order valence-electron chi connectivity index (χ0n) is 2.47. The molecule has 0 aliphatic rings. The predicted molar refractivity (Wildman–Crippen MR) is 9.63 cm³/mol. The summed E-state index contributed by atoms with van der Waals surface area (Å²) in [5.41, 5.74) is 0. The first-order valence-corrected chi connectivity index (χ1v) is 0. The molecule has 0 atom stereocenters. The third-order valence-corrected chi connectivity index (χ3v) is 0. The molecule has 0 aromatic heterocycles. The molecule has 2 nitrogen and oxygen atoms in total. The Morgan fingerprint density at radius 1 is 0.750 bits per heavy atom. The Hall–Kier alpha value is 1.05. The van der Waals surface area contributed by atoms with Gasteiger partial charge in [-0.2, -0.15) is 0 Å². The molecule has 4 heteroatoms. The Morgan fingerprint density at radius 2 is 0.750 bits per heavy atom. The molecule has 0 rings (SSSR count). The second-order valence-electron chi connectivity index (χ2n) is 0. The van der Waals surface area contributed by atoms with E-state index < -0.39 is 0 Å². The molecule has 2 N–H and O–H groups in total. The van der Waals surface area contributed by atoms with Crippen molar-refractivity contribution in [2.45, 2.75) is 0 Å². The minimum atomic E-state index is 0. The fourth-order valence-corrected chi connectivity index (χ4v) is 0. The van der Waals surface area contributed by atoms with Gasteiger partial charge in [0.25, 0.3) is 0 Å². The molecule has 4 heavy (non-hydrogen) atoms. The summed E-state index contributed by atoms with van der Waals surface area (Å²) in [4.78, 5) is 0. The molecule has 0 aliphatic carbocycles. The van der Waals surface area contributed by atoms with E-state index in [1.807, 2.05) is 0 Å². The van der Waals surface area contributed by atoms with Gasteiger partial charge in [-0.1, -0.05) is 0 Å². The summed E-state index contributed by atoms with van der Waals surface area (Å²) in [5, 5.41) is 0. The molecule has 0 heterocycles. The fraction of sp³-hybridized carbons (Fsp3) is 0. The van der Waals surface area contributed by atoms with Crippen LogP contribution < -0.4 is 18.9 Å². The van der Waals surface area contributed by atoms with Crippen LogP contribution >= 0.6 is 0 Å². The zero-order valence-corrected chi connectivity index (χ0v) is 3.63. The van der Waals surface area contributed by atoms with Gasteiger partial charge < -0.3 is 11.0 Å². The predicted octanol–water partition coefficient (Wildman–Crippen LogP) is -3.73. The van der Waals surface area contributed by atoms with Crippen LogP contribution in [0.25, 0.3) is 0 Å². The van der Waals surface area contributed by atoms with Crippen LogP contribution in [0.3, 0.4) is 0 Å². The van der Waals surface area contributed by atoms with Crippen LogP contribution in [0.2, 0.25) is 0 Å². The van der Waals surface area contributed by atoms with Gasteiger partial charge in [0.15, 0.2) is 0 Å². The van der Waals surface area contributed by atoms with Crippen molar-refractivity contribution < 1.29 is 29.8 Å². The Labute approximate surface area is 47.5 Å². The molecular formula is H2AlLiO2+2. The summed E-state index contributed by atoms with van der Waals surface area (Å²) < 4.78 is 0. The van der Waals surface area contributed by atoms with Crippen molar-refractivity contribution in [3.8, 4) is 0 Å². The smallest absolute Gasteiger partial charge is 0.870 e. The van der Waals surface area contributed by atoms with Gasteiger partial charge >= 0.3 is 36.2 Å². The van der Waals surface area contributed by atoms with Gasteiger partial charge in [0.1, 0.15) is 0 Å². The molecule has 0 aromatic rings. The SMILES string of the molecule is [Al+3].[Li+].[OH-].[OH-]. The Morgan fingerprint density at radius 3 is 0.750 bits per heavy atom. The minimum Gasteiger partial charge on any atom is -0.870 e. The van der Waals surface area contributed by atoms with Gasteiger partial charge in [0.05, 0.1) is 0 Å². The van der Waals surface area contributed by atoms with Gasteiger partial charge in [0.2, 0.25) is 0 Å². The molecule has 0 spiro atoms. The maximum atomic E-state index is 0. The number of hydrogen-bond acceptors (Lipinski definition) is 2. The van der Waals surface area contributed by atoms with Gasteiger partial charge in [-0.3, -0.25) is 0 Å². The van der Waals surface area contributed by atoms with Crippen molar-refractivity contribution in [3.63, 3.8) is 0 Å². The van der Waals surface area contributed by atoms with E-state index in [1.165, 1.54) is 0 Å². The average Bonchev–Trinajstić information content (AvgIpc) is 0. The van der Waals surface area contributed by atoms with Crippen LogP contribution in [0.1, 0.15) is 0 Å². The van der Waals surface area contributed by atoms with E-state index >= 15 is 0 Å². The van der Waals surface area contributed by atoms with Crippen molar-refractivity contribution in [2.75, 3.05) is 0 Å². The summed E-state index contributed by atoms with van der Waals surface area (Å²) in [7, 11) is 0. The normalized spacial score (nSPS) is 0. The van der Waals surface area contributed by atoms with E-state index in [0.29, 0.717) is 0 Å². The maximum absolute atomic E-state index is 0. The van der Waals surface area contributed by atoms with Crippen LogP contribution in [0.15, 0.2) is 0 Å². The Kier molecular flexibility index (Phi) is 642. The summed E-state index contributed by atoms with van der Waals surface area (Å²) in [5.74, 6) is 0. The van der Waals surface area contributed by atoms with Crippen LogP contribution in [-0.2, 0) is 0 Å². The molecule has 16 valence electrons. The van der Waals surface area contributed by atoms with E-state index in [0.717, 1.165) is 0 Å². The van der Waals surface area contributed by atoms with Crippen LogP contribution in [0, 0.1) is 0 Å². The van der Waals surface area contributed by atoms with Crippen molar-refractivity contribution in [2.24, 2.45) is 0 Å². The van der Waals surface area contributed by atoms with Crippen LogP contribution in [-0.4, -0.2) is 28.3 Å². The number of rotatable bonds is 0. The molecule has 0 aromatic carbocycles. The summed E-state index contributed by atoms with van der Waals surface area (Å²) >= 11 is 0. The molecule has 0 radical (unpaired) electrons. The van der Waals surface area contributed by atoms with E-state index in [9.17, 15) is 0 Å². The van der Waals surface area contributed by atoms with Crippen molar-refractivity contribution in [1.82, 2.24) is 0 Å². The van der Waals surface area contributed by atoms with Crippen molar-refractivity contribution in [3.05, 3.63) is 0 Å². The molecule has 0 unspecified atom stereocenters. The first kappa shape index (κ1) is 75.1. The van der Waals surface area contributed by atoms with Crippen LogP contribution in [0.5, 0.6) is 0 Å². The fourth-order valence-electron chi connectivity index (χ4n) is 0. The maximum Gasteiger partial charge on any atom is 3.00 e. The third kappa shape index (κ3) is 11.6. The summed E-state index contributed by atoms with van der Waals surface area (Å²) in [6.45, 7) is 0.